The lowest BCUT2D eigenvalue weighted by molar-refractivity contribution is -0.147. The summed E-state index contributed by atoms with van der Waals surface area (Å²) in [5.41, 5.74) is 1.29. The van der Waals surface area contributed by atoms with E-state index in [1.54, 1.807) is 0 Å². The van der Waals surface area contributed by atoms with Crippen molar-refractivity contribution in [2.45, 2.75) is 11.6 Å². The Morgan fingerprint density at radius 2 is 1.60 bits per heavy atom. The summed E-state index contributed by atoms with van der Waals surface area (Å²) in [6, 6.07) is 19.0. The quantitative estimate of drug-likeness (QED) is 0.830. The summed E-state index contributed by atoms with van der Waals surface area (Å²) in [4.78, 5) is 32.1. The average Bonchev–Trinajstić information content (AvgIpc) is 2.77. The number of carbonyl (C=O) groups excluding carboxylic acids is 2. The number of nitrogens with zero attached hydrogens (tertiary/aromatic N) is 3. The molecule has 0 unspecified atom stereocenters. The van der Waals surface area contributed by atoms with Crippen molar-refractivity contribution in [2.24, 2.45) is 0 Å². The molecule has 30 heavy (non-hydrogen) atoms. The van der Waals surface area contributed by atoms with Crippen molar-refractivity contribution in [2.75, 3.05) is 51.3 Å². The first kappa shape index (κ1) is 19.1. The number of para-hydroxylation sites is 1. The van der Waals surface area contributed by atoms with E-state index in [0.29, 0.717) is 45.0 Å². The third kappa shape index (κ3) is 3.44. The number of ether oxygens (including phenoxy) is 1. The van der Waals surface area contributed by atoms with E-state index in [4.69, 9.17) is 4.74 Å². The second-order valence-electron chi connectivity index (χ2n) is 8.35. The Morgan fingerprint density at radius 1 is 0.933 bits per heavy atom. The van der Waals surface area contributed by atoms with Gasteiger partial charge in [0.25, 0.3) is 5.91 Å². The van der Waals surface area contributed by atoms with Crippen LogP contribution in [0, 0.1) is 0 Å². The van der Waals surface area contributed by atoms with Crippen molar-refractivity contribution in [1.82, 2.24) is 14.7 Å². The van der Waals surface area contributed by atoms with E-state index in [1.807, 2.05) is 70.5 Å². The van der Waals surface area contributed by atoms with E-state index in [2.05, 4.69) is 10.2 Å². The molecule has 3 aliphatic heterocycles. The number of hydrogen-bond donors (Lipinski definition) is 1. The number of amides is 3. The summed E-state index contributed by atoms with van der Waals surface area (Å²) in [6.45, 7) is 4.66. The molecule has 1 atom stereocenters. The normalized spacial score (nSPS) is 22.9. The fraction of sp³-hybridized carbons (Fsp3) is 0.391. The van der Waals surface area contributed by atoms with Crippen LogP contribution in [-0.2, 0) is 4.74 Å². The molecule has 2 aromatic rings. The SMILES string of the molecule is O=C(Nc1ccccc1)N1C[C@@H]2COCCN2C2(C1)CN(C(=O)c1ccccc1)C2. The fourth-order valence-electron chi connectivity index (χ4n) is 4.93. The molecule has 3 saturated heterocycles. The molecule has 3 aliphatic rings. The highest BCUT2D eigenvalue weighted by Crippen LogP contribution is 2.36. The van der Waals surface area contributed by atoms with Gasteiger partial charge in [0, 0.05) is 44.0 Å². The standard InChI is InChI=1S/C23H26N4O3/c28-21(18-7-3-1-4-8-18)26-16-23(17-26)15-25(13-20-14-30-12-11-27(20)23)22(29)24-19-9-5-2-6-10-19/h1-10,20H,11-17H2,(H,24,29)/t20-/m1/s1. The molecule has 0 bridgehead atoms. The summed E-state index contributed by atoms with van der Waals surface area (Å²) in [6.07, 6.45) is 0. The van der Waals surface area contributed by atoms with Gasteiger partial charge in [-0.05, 0) is 24.3 Å². The molecule has 2 aromatic carbocycles. The molecular weight excluding hydrogens is 380 g/mol. The molecule has 7 heteroatoms. The lowest BCUT2D eigenvalue weighted by atomic mass is 9.82. The molecule has 0 aliphatic carbocycles. The van der Waals surface area contributed by atoms with Crippen LogP contribution in [0.3, 0.4) is 0 Å². The summed E-state index contributed by atoms with van der Waals surface area (Å²) in [7, 11) is 0. The maximum Gasteiger partial charge on any atom is 0.321 e. The van der Waals surface area contributed by atoms with Crippen LogP contribution in [0.25, 0.3) is 0 Å². The van der Waals surface area contributed by atoms with E-state index >= 15 is 0 Å². The van der Waals surface area contributed by atoms with E-state index in [9.17, 15) is 9.59 Å². The Hall–Kier alpha value is -2.90. The van der Waals surface area contributed by atoms with Crippen molar-refractivity contribution in [1.29, 1.82) is 0 Å². The van der Waals surface area contributed by atoms with Crippen molar-refractivity contribution < 1.29 is 14.3 Å². The van der Waals surface area contributed by atoms with Gasteiger partial charge in [0.2, 0.25) is 0 Å². The largest absolute Gasteiger partial charge is 0.378 e. The summed E-state index contributed by atoms with van der Waals surface area (Å²) < 4.78 is 5.71. The van der Waals surface area contributed by atoms with Gasteiger partial charge in [-0.2, -0.15) is 0 Å². The number of hydrogen-bond acceptors (Lipinski definition) is 4. The molecule has 1 spiro atoms. The lowest BCUT2D eigenvalue weighted by Gasteiger charge is -2.63. The van der Waals surface area contributed by atoms with Crippen LogP contribution in [-0.4, -0.2) is 84.2 Å². The minimum atomic E-state index is -0.203. The number of nitrogens with one attached hydrogen (secondary N) is 1. The number of fused-ring (bicyclic) bond motifs is 2. The third-order valence-corrected chi connectivity index (χ3v) is 6.34. The maximum absolute atomic E-state index is 13.0. The van der Waals surface area contributed by atoms with Gasteiger partial charge in [0.05, 0.1) is 24.8 Å². The van der Waals surface area contributed by atoms with Crippen molar-refractivity contribution in [3.8, 4) is 0 Å². The molecule has 156 valence electrons. The second-order valence-corrected chi connectivity index (χ2v) is 8.35. The number of urea groups is 1. The number of piperazine rings is 1. The molecule has 3 fully saturated rings. The minimum absolute atomic E-state index is 0.0527. The van der Waals surface area contributed by atoms with Crippen LogP contribution < -0.4 is 5.32 Å². The average molecular weight is 406 g/mol. The molecule has 0 saturated carbocycles. The van der Waals surface area contributed by atoms with E-state index in [0.717, 1.165) is 12.2 Å². The molecule has 3 amide bonds. The van der Waals surface area contributed by atoms with E-state index < -0.39 is 0 Å². The predicted octanol–water partition coefficient (Wildman–Crippen LogP) is 2.13. The van der Waals surface area contributed by atoms with Crippen molar-refractivity contribution in [3.05, 3.63) is 66.2 Å². The van der Waals surface area contributed by atoms with Crippen LogP contribution in [0.15, 0.2) is 60.7 Å². The monoisotopic (exact) mass is 406 g/mol. The molecule has 5 rings (SSSR count). The van der Waals surface area contributed by atoms with Gasteiger partial charge >= 0.3 is 6.03 Å². The van der Waals surface area contributed by atoms with Crippen LogP contribution in [0.2, 0.25) is 0 Å². The van der Waals surface area contributed by atoms with E-state index in [1.165, 1.54) is 0 Å². The maximum atomic E-state index is 13.0. The van der Waals surface area contributed by atoms with Crippen LogP contribution in [0.1, 0.15) is 10.4 Å². The third-order valence-electron chi connectivity index (χ3n) is 6.34. The molecule has 0 aromatic heterocycles. The Morgan fingerprint density at radius 3 is 2.33 bits per heavy atom. The molecule has 1 N–H and O–H groups in total. The first-order valence-corrected chi connectivity index (χ1v) is 10.4. The summed E-state index contributed by atoms with van der Waals surface area (Å²) in [5, 5.41) is 3.00. The minimum Gasteiger partial charge on any atom is -0.378 e. The topological polar surface area (TPSA) is 65.1 Å². The smallest absolute Gasteiger partial charge is 0.321 e. The Bertz CT molecular complexity index is 915. The Labute approximate surface area is 176 Å². The Kier molecular flexibility index (Phi) is 4.92. The fourth-order valence-corrected chi connectivity index (χ4v) is 4.93. The zero-order valence-corrected chi connectivity index (χ0v) is 16.9. The van der Waals surface area contributed by atoms with Gasteiger partial charge < -0.3 is 19.9 Å². The number of morpholine rings is 1. The number of likely N-dealkylation sites (tertiary alicyclic amines) is 1. The highest BCUT2D eigenvalue weighted by atomic mass is 16.5. The van der Waals surface area contributed by atoms with Crippen LogP contribution in [0.4, 0.5) is 10.5 Å². The van der Waals surface area contributed by atoms with Gasteiger partial charge in [-0.1, -0.05) is 36.4 Å². The molecule has 0 radical (unpaired) electrons. The number of rotatable bonds is 2. The Balaban J connectivity index is 1.32. The van der Waals surface area contributed by atoms with Gasteiger partial charge in [-0.15, -0.1) is 0 Å². The predicted molar refractivity (Wildman–Crippen MR) is 113 cm³/mol. The molecular formula is C23H26N4O3. The van der Waals surface area contributed by atoms with Crippen LogP contribution in [0.5, 0.6) is 0 Å². The molecule has 7 nitrogen and oxygen atoms in total. The highest BCUT2D eigenvalue weighted by Gasteiger charge is 2.56. The summed E-state index contributed by atoms with van der Waals surface area (Å²) in [5.74, 6) is 0.0527. The van der Waals surface area contributed by atoms with Gasteiger partial charge in [-0.25, -0.2) is 4.79 Å². The van der Waals surface area contributed by atoms with Gasteiger partial charge in [-0.3, -0.25) is 9.69 Å². The highest BCUT2D eigenvalue weighted by molar-refractivity contribution is 5.95. The van der Waals surface area contributed by atoms with Crippen molar-refractivity contribution >= 4 is 17.6 Å². The van der Waals surface area contributed by atoms with Gasteiger partial charge in [0.15, 0.2) is 0 Å². The zero-order chi connectivity index (χ0) is 20.6. The first-order valence-electron chi connectivity index (χ1n) is 10.4. The molecule has 3 heterocycles. The number of benzene rings is 2. The van der Waals surface area contributed by atoms with Crippen molar-refractivity contribution in [3.63, 3.8) is 0 Å². The van der Waals surface area contributed by atoms with Gasteiger partial charge in [0.1, 0.15) is 0 Å². The number of carbonyl (C=O) groups is 2. The zero-order valence-electron chi connectivity index (χ0n) is 16.9. The summed E-state index contributed by atoms with van der Waals surface area (Å²) >= 11 is 0. The van der Waals surface area contributed by atoms with Crippen LogP contribution >= 0.6 is 0 Å². The lowest BCUT2D eigenvalue weighted by Crippen LogP contribution is -2.81. The van der Waals surface area contributed by atoms with E-state index in [-0.39, 0.29) is 23.5 Å². The first-order chi connectivity index (χ1) is 14.6. The number of anilines is 1. The second kappa shape index (κ2) is 7.74.